The SMILES string of the molecule is C=CCCNC1=C(Cl)C=NC(N)(c2cccc(COCC=C)c2)N1. The van der Waals surface area contributed by atoms with Gasteiger partial charge in [0.2, 0.25) is 5.79 Å². The standard InChI is InChI=1S/C18H23ClN4O/c1-3-5-9-21-17-16(19)12-22-18(20,23-17)15-8-6-7-14(11-15)13-24-10-4-2/h3-4,6-8,11-12,21,23H,1-2,5,9-10,13,20H2. The molecule has 0 saturated heterocycles. The van der Waals surface area contributed by atoms with Crippen LogP contribution in [0, 0.1) is 0 Å². The van der Waals surface area contributed by atoms with Crippen molar-refractivity contribution in [2.75, 3.05) is 13.2 Å². The number of halogens is 1. The van der Waals surface area contributed by atoms with Crippen molar-refractivity contribution in [3.63, 3.8) is 0 Å². The number of rotatable bonds is 9. The average molecular weight is 347 g/mol. The van der Waals surface area contributed by atoms with Gasteiger partial charge in [-0.25, -0.2) is 4.99 Å². The van der Waals surface area contributed by atoms with Crippen molar-refractivity contribution in [3.05, 3.63) is 71.6 Å². The van der Waals surface area contributed by atoms with Crippen LogP contribution in [-0.4, -0.2) is 19.4 Å². The van der Waals surface area contributed by atoms with Gasteiger partial charge in [-0.15, -0.1) is 13.2 Å². The smallest absolute Gasteiger partial charge is 0.210 e. The summed E-state index contributed by atoms with van der Waals surface area (Å²) in [6.45, 7) is 9.04. The highest BCUT2D eigenvalue weighted by atomic mass is 35.5. The molecule has 0 aromatic heterocycles. The molecule has 1 aromatic rings. The minimum atomic E-state index is -1.08. The van der Waals surface area contributed by atoms with Gasteiger partial charge in [-0.3, -0.25) is 5.73 Å². The molecular weight excluding hydrogens is 324 g/mol. The lowest BCUT2D eigenvalue weighted by Gasteiger charge is -2.32. The maximum Gasteiger partial charge on any atom is 0.210 e. The number of nitrogens with two attached hydrogens (primary N) is 1. The molecule has 1 atom stereocenters. The first kappa shape index (κ1) is 18.3. The molecule has 0 spiro atoms. The molecule has 24 heavy (non-hydrogen) atoms. The normalized spacial score (nSPS) is 19.8. The van der Waals surface area contributed by atoms with E-state index in [1.807, 2.05) is 30.3 Å². The fraction of sp³-hybridized carbons (Fsp3) is 0.278. The summed E-state index contributed by atoms with van der Waals surface area (Å²) in [6.07, 6.45) is 5.94. The first-order valence-corrected chi connectivity index (χ1v) is 8.11. The molecule has 1 aliphatic heterocycles. The lowest BCUT2D eigenvalue weighted by Crippen LogP contribution is -2.53. The largest absolute Gasteiger partial charge is 0.373 e. The third-order valence-electron chi connectivity index (χ3n) is 3.46. The summed E-state index contributed by atoms with van der Waals surface area (Å²) >= 11 is 6.19. The second-order valence-corrected chi connectivity index (χ2v) is 5.79. The summed E-state index contributed by atoms with van der Waals surface area (Å²) in [5.41, 5.74) is 8.28. The van der Waals surface area contributed by atoms with E-state index in [0.717, 1.165) is 17.5 Å². The molecule has 1 heterocycles. The van der Waals surface area contributed by atoms with Gasteiger partial charge in [0.1, 0.15) is 5.82 Å². The van der Waals surface area contributed by atoms with Crippen LogP contribution in [-0.2, 0) is 17.1 Å². The molecule has 5 nitrogen and oxygen atoms in total. The Bertz CT molecular complexity index is 656. The molecule has 0 fully saturated rings. The van der Waals surface area contributed by atoms with Crippen molar-refractivity contribution in [3.8, 4) is 0 Å². The minimum Gasteiger partial charge on any atom is -0.373 e. The van der Waals surface area contributed by atoms with Crippen LogP contribution in [0.1, 0.15) is 17.5 Å². The second-order valence-electron chi connectivity index (χ2n) is 5.38. The van der Waals surface area contributed by atoms with Gasteiger partial charge in [-0.2, -0.15) is 0 Å². The number of hydrogen-bond donors (Lipinski definition) is 3. The summed E-state index contributed by atoms with van der Waals surface area (Å²) in [4.78, 5) is 4.36. The molecule has 1 aromatic carbocycles. The van der Waals surface area contributed by atoms with Gasteiger partial charge in [0.25, 0.3) is 0 Å². The first-order chi connectivity index (χ1) is 11.6. The number of benzene rings is 1. The molecule has 0 radical (unpaired) electrons. The van der Waals surface area contributed by atoms with Gasteiger partial charge in [-0.1, -0.05) is 42.0 Å². The lowest BCUT2D eigenvalue weighted by atomic mass is 10.0. The van der Waals surface area contributed by atoms with Crippen LogP contribution in [0.3, 0.4) is 0 Å². The second kappa shape index (κ2) is 8.68. The van der Waals surface area contributed by atoms with Crippen molar-refractivity contribution in [1.29, 1.82) is 0 Å². The number of nitrogens with zero attached hydrogens (tertiary/aromatic N) is 1. The average Bonchev–Trinajstić information content (AvgIpc) is 2.59. The molecule has 0 bridgehead atoms. The highest BCUT2D eigenvalue weighted by Crippen LogP contribution is 2.24. The van der Waals surface area contributed by atoms with Crippen molar-refractivity contribution in [1.82, 2.24) is 10.6 Å². The van der Waals surface area contributed by atoms with E-state index < -0.39 is 5.79 Å². The van der Waals surface area contributed by atoms with Crippen molar-refractivity contribution in [2.45, 2.75) is 18.8 Å². The molecular formula is C18H23ClN4O. The lowest BCUT2D eigenvalue weighted by molar-refractivity contribution is 0.148. The van der Waals surface area contributed by atoms with E-state index in [-0.39, 0.29) is 0 Å². The number of ether oxygens (including phenoxy) is 1. The number of allylic oxidation sites excluding steroid dienone is 1. The highest BCUT2D eigenvalue weighted by Gasteiger charge is 2.30. The zero-order valence-corrected chi connectivity index (χ0v) is 14.4. The predicted molar refractivity (Wildman–Crippen MR) is 99.5 cm³/mol. The van der Waals surface area contributed by atoms with Crippen LogP contribution < -0.4 is 16.4 Å². The summed E-state index contributed by atoms with van der Waals surface area (Å²) in [7, 11) is 0. The van der Waals surface area contributed by atoms with E-state index in [9.17, 15) is 0 Å². The van der Waals surface area contributed by atoms with Crippen LogP contribution in [0.2, 0.25) is 0 Å². The Morgan fingerprint density at radius 1 is 1.38 bits per heavy atom. The minimum absolute atomic E-state index is 0.487. The zero-order valence-electron chi connectivity index (χ0n) is 13.6. The number of nitrogens with one attached hydrogen (secondary N) is 2. The van der Waals surface area contributed by atoms with E-state index in [1.54, 1.807) is 12.3 Å². The van der Waals surface area contributed by atoms with Crippen molar-refractivity contribution < 1.29 is 4.74 Å². The van der Waals surface area contributed by atoms with Gasteiger partial charge in [0, 0.05) is 18.3 Å². The zero-order chi connectivity index (χ0) is 17.4. The van der Waals surface area contributed by atoms with Crippen LogP contribution in [0.4, 0.5) is 0 Å². The van der Waals surface area contributed by atoms with E-state index in [4.69, 9.17) is 22.1 Å². The van der Waals surface area contributed by atoms with Gasteiger partial charge in [-0.05, 0) is 18.1 Å². The van der Waals surface area contributed by atoms with Gasteiger partial charge in [0.15, 0.2) is 0 Å². The molecule has 1 unspecified atom stereocenters. The van der Waals surface area contributed by atoms with Gasteiger partial charge in [0.05, 0.1) is 18.2 Å². The maximum atomic E-state index is 6.44. The summed E-state index contributed by atoms with van der Waals surface area (Å²) in [5, 5.41) is 6.88. The molecule has 2 rings (SSSR count). The van der Waals surface area contributed by atoms with Crippen molar-refractivity contribution >= 4 is 17.8 Å². The maximum absolute atomic E-state index is 6.44. The monoisotopic (exact) mass is 346 g/mol. The fourth-order valence-electron chi connectivity index (χ4n) is 2.24. The third-order valence-corrected chi connectivity index (χ3v) is 3.74. The van der Waals surface area contributed by atoms with E-state index in [1.165, 1.54) is 0 Å². The Labute approximate surface area is 147 Å². The fourth-order valence-corrected chi connectivity index (χ4v) is 2.40. The van der Waals surface area contributed by atoms with Gasteiger partial charge >= 0.3 is 0 Å². The number of hydrogen-bond acceptors (Lipinski definition) is 5. The Morgan fingerprint density at radius 3 is 2.96 bits per heavy atom. The predicted octanol–water partition coefficient (Wildman–Crippen LogP) is 2.71. The molecule has 0 amide bonds. The van der Waals surface area contributed by atoms with E-state index in [2.05, 4.69) is 28.8 Å². The molecule has 0 aliphatic carbocycles. The van der Waals surface area contributed by atoms with Gasteiger partial charge < -0.3 is 15.4 Å². The first-order valence-electron chi connectivity index (χ1n) is 7.74. The topological polar surface area (TPSA) is 71.7 Å². The van der Waals surface area contributed by atoms with Crippen LogP contribution >= 0.6 is 11.6 Å². The van der Waals surface area contributed by atoms with Crippen LogP contribution in [0.15, 0.2) is 65.4 Å². The summed E-state index contributed by atoms with van der Waals surface area (Å²) in [5.74, 6) is -0.423. The Balaban J connectivity index is 2.13. The van der Waals surface area contributed by atoms with Crippen LogP contribution in [0.5, 0.6) is 0 Å². The molecule has 4 N–H and O–H groups in total. The molecule has 1 aliphatic rings. The quantitative estimate of drug-likeness (QED) is 0.475. The number of aliphatic imine (C=N–C) groups is 1. The molecule has 0 saturated carbocycles. The van der Waals surface area contributed by atoms with Crippen molar-refractivity contribution in [2.24, 2.45) is 10.7 Å². The third kappa shape index (κ3) is 4.71. The molecule has 6 heteroatoms. The van der Waals surface area contributed by atoms with E-state index in [0.29, 0.717) is 30.6 Å². The van der Waals surface area contributed by atoms with Crippen LogP contribution in [0.25, 0.3) is 0 Å². The highest BCUT2D eigenvalue weighted by molar-refractivity contribution is 6.39. The Morgan fingerprint density at radius 2 is 2.21 bits per heavy atom. The Kier molecular flexibility index (Phi) is 6.61. The summed E-state index contributed by atoms with van der Waals surface area (Å²) in [6, 6.07) is 7.79. The van der Waals surface area contributed by atoms with E-state index >= 15 is 0 Å². The molecule has 128 valence electrons. The Hall–Kier alpha value is -2.08. The summed E-state index contributed by atoms with van der Waals surface area (Å²) < 4.78 is 5.48.